The molecule has 2 rings (SSSR count). The van der Waals surface area contributed by atoms with Crippen LogP contribution in [-0.2, 0) is 11.2 Å². The Morgan fingerprint density at radius 2 is 1.86 bits per heavy atom. The summed E-state index contributed by atoms with van der Waals surface area (Å²) in [6, 6.07) is 9.78. The van der Waals surface area contributed by atoms with E-state index in [0.29, 0.717) is 0 Å². The van der Waals surface area contributed by atoms with Gasteiger partial charge >= 0.3 is 0 Å². The Kier molecular flexibility index (Phi) is 4.91. The molecule has 0 aliphatic carbocycles. The van der Waals surface area contributed by atoms with Gasteiger partial charge in [-0.2, -0.15) is 0 Å². The van der Waals surface area contributed by atoms with Crippen LogP contribution in [0.15, 0.2) is 42.5 Å². The second-order valence-corrected chi connectivity index (χ2v) is 5.19. The van der Waals surface area contributed by atoms with Gasteiger partial charge in [0, 0.05) is 5.02 Å². The van der Waals surface area contributed by atoms with Crippen LogP contribution in [0, 0.1) is 11.6 Å². The number of benzene rings is 2. The van der Waals surface area contributed by atoms with Crippen molar-refractivity contribution < 1.29 is 13.6 Å². The molecule has 2 aromatic carbocycles. The number of carbonyl (C=O) groups is 1. The van der Waals surface area contributed by atoms with E-state index in [4.69, 9.17) is 11.6 Å². The summed E-state index contributed by atoms with van der Waals surface area (Å²) in [5.74, 6) is -1.15. The highest BCUT2D eigenvalue weighted by Gasteiger charge is 2.12. The predicted molar refractivity (Wildman–Crippen MR) is 78.1 cm³/mol. The van der Waals surface area contributed by atoms with Crippen LogP contribution in [0.25, 0.3) is 0 Å². The van der Waals surface area contributed by atoms with E-state index in [9.17, 15) is 13.6 Å². The number of hydrogen-bond donors (Lipinski definition) is 1. The Labute approximate surface area is 126 Å². The molecule has 0 saturated heterocycles. The molecule has 0 heterocycles. The van der Waals surface area contributed by atoms with Crippen molar-refractivity contribution in [3.05, 3.63) is 70.2 Å². The fraction of sp³-hybridized carbons (Fsp3) is 0.188. The number of carbonyl (C=O) groups excluding carboxylic acids is 1. The molecule has 0 saturated carbocycles. The molecule has 1 atom stereocenters. The summed E-state index contributed by atoms with van der Waals surface area (Å²) in [4.78, 5) is 11.9. The van der Waals surface area contributed by atoms with Crippen molar-refractivity contribution in [2.75, 3.05) is 0 Å². The van der Waals surface area contributed by atoms with Gasteiger partial charge in [-0.25, -0.2) is 8.78 Å². The van der Waals surface area contributed by atoms with Crippen molar-refractivity contribution in [3.63, 3.8) is 0 Å². The van der Waals surface area contributed by atoms with Gasteiger partial charge in [-0.05, 0) is 42.3 Å². The molecule has 0 aliphatic rings. The van der Waals surface area contributed by atoms with E-state index in [0.717, 1.165) is 5.56 Å². The largest absolute Gasteiger partial charge is 0.349 e. The smallest absolute Gasteiger partial charge is 0.225 e. The van der Waals surface area contributed by atoms with Crippen LogP contribution >= 0.6 is 11.6 Å². The summed E-state index contributed by atoms with van der Waals surface area (Å²) in [7, 11) is 0. The molecule has 0 radical (unpaired) electrons. The van der Waals surface area contributed by atoms with Crippen molar-refractivity contribution in [1.29, 1.82) is 0 Å². The molecule has 0 unspecified atom stereocenters. The van der Waals surface area contributed by atoms with E-state index in [2.05, 4.69) is 5.32 Å². The number of halogens is 3. The van der Waals surface area contributed by atoms with Gasteiger partial charge in [0.05, 0.1) is 12.5 Å². The molecule has 2 nitrogen and oxygen atoms in total. The molecule has 21 heavy (non-hydrogen) atoms. The third-order valence-corrected chi connectivity index (χ3v) is 3.35. The second-order valence-electron chi connectivity index (χ2n) is 4.75. The number of nitrogens with one attached hydrogen (secondary N) is 1. The highest BCUT2D eigenvalue weighted by atomic mass is 35.5. The maximum atomic E-state index is 13.6. The minimum atomic E-state index is -0.507. The Balaban J connectivity index is 1.99. The lowest BCUT2D eigenvalue weighted by molar-refractivity contribution is -0.121. The summed E-state index contributed by atoms with van der Waals surface area (Å²) < 4.78 is 26.4. The standard InChI is InChI=1S/C16H14ClF2NO/c1-10(11-3-6-14(18)7-4-11)20-16(21)8-12-2-5-13(17)9-15(12)19/h2-7,9-10H,8H2,1H3,(H,20,21)/t10-/m1/s1. The lowest BCUT2D eigenvalue weighted by Gasteiger charge is -2.14. The first-order valence-corrected chi connectivity index (χ1v) is 6.82. The first-order valence-electron chi connectivity index (χ1n) is 6.44. The van der Waals surface area contributed by atoms with E-state index in [1.54, 1.807) is 19.1 Å². The molecule has 1 amide bonds. The van der Waals surface area contributed by atoms with Gasteiger partial charge in [0.2, 0.25) is 5.91 Å². The number of rotatable bonds is 4. The summed E-state index contributed by atoms with van der Waals surface area (Å²) in [6.07, 6.45) is -0.0749. The first kappa shape index (κ1) is 15.4. The molecule has 110 valence electrons. The maximum Gasteiger partial charge on any atom is 0.225 e. The third-order valence-electron chi connectivity index (χ3n) is 3.11. The molecular weight excluding hydrogens is 296 g/mol. The van der Waals surface area contributed by atoms with Crippen LogP contribution < -0.4 is 5.32 Å². The first-order chi connectivity index (χ1) is 9.95. The number of amides is 1. The number of hydrogen-bond acceptors (Lipinski definition) is 1. The van der Waals surface area contributed by atoms with Crippen LogP contribution in [0.2, 0.25) is 5.02 Å². The zero-order valence-corrected chi connectivity index (χ0v) is 12.1. The Morgan fingerprint density at radius 1 is 1.19 bits per heavy atom. The van der Waals surface area contributed by atoms with Crippen LogP contribution in [-0.4, -0.2) is 5.91 Å². The predicted octanol–water partition coefficient (Wildman–Crippen LogP) is 4.04. The maximum absolute atomic E-state index is 13.6. The van der Waals surface area contributed by atoms with Gasteiger partial charge in [-0.1, -0.05) is 29.8 Å². The molecule has 5 heteroatoms. The topological polar surface area (TPSA) is 29.1 Å². The third kappa shape index (κ3) is 4.26. The van der Waals surface area contributed by atoms with Gasteiger partial charge in [0.15, 0.2) is 0 Å². The SMILES string of the molecule is C[C@@H](NC(=O)Cc1ccc(Cl)cc1F)c1ccc(F)cc1. The molecular formula is C16H14ClF2NO. The van der Waals surface area contributed by atoms with Gasteiger partial charge in [0.1, 0.15) is 11.6 Å². The van der Waals surface area contributed by atoms with Crippen LogP contribution in [0.5, 0.6) is 0 Å². The highest BCUT2D eigenvalue weighted by molar-refractivity contribution is 6.30. The molecule has 0 spiro atoms. The summed E-state index contributed by atoms with van der Waals surface area (Å²) in [6.45, 7) is 1.78. The van der Waals surface area contributed by atoms with Gasteiger partial charge < -0.3 is 5.32 Å². The average Bonchev–Trinajstić information content (AvgIpc) is 2.42. The van der Waals surface area contributed by atoms with Crippen molar-refractivity contribution in [1.82, 2.24) is 5.32 Å². The zero-order valence-electron chi connectivity index (χ0n) is 11.4. The fourth-order valence-corrected chi connectivity index (χ4v) is 2.12. The van der Waals surface area contributed by atoms with Gasteiger partial charge in [0.25, 0.3) is 0 Å². The molecule has 2 aromatic rings. The average molecular weight is 310 g/mol. The summed E-state index contributed by atoms with van der Waals surface area (Å²) in [5, 5.41) is 3.03. The van der Waals surface area contributed by atoms with Crippen LogP contribution in [0.4, 0.5) is 8.78 Å². The van der Waals surface area contributed by atoms with E-state index in [1.807, 2.05) is 0 Å². The Bertz CT molecular complexity index is 643. The lowest BCUT2D eigenvalue weighted by Crippen LogP contribution is -2.28. The summed E-state index contributed by atoms with van der Waals surface area (Å²) >= 11 is 5.66. The van der Waals surface area contributed by atoms with Gasteiger partial charge in [-0.3, -0.25) is 4.79 Å². The van der Waals surface area contributed by atoms with E-state index < -0.39 is 5.82 Å². The minimum absolute atomic E-state index is 0.0749. The van der Waals surface area contributed by atoms with Crippen molar-refractivity contribution in [2.24, 2.45) is 0 Å². The lowest BCUT2D eigenvalue weighted by atomic mass is 10.1. The Morgan fingerprint density at radius 3 is 2.48 bits per heavy atom. The van der Waals surface area contributed by atoms with Gasteiger partial charge in [-0.15, -0.1) is 0 Å². The molecule has 1 N–H and O–H groups in total. The molecule has 0 aromatic heterocycles. The van der Waals surface area contributed by atoms with Crippen molar-refractivity contribution >= 4 is 17.5 Å². The van der Waals surface area contributed by atoms with Crippen LogP contribution in [0.3, 0.4) is 0 Å². The minimum Gasteiger partial charge on any atom is -0.349 e. The molecule has 0 bridgehead atoms. The molecule has 0 fully saturated rings. The fourth-order valence-electron chi connectivity index (χ4n) is 1.97. The second kappa shape index (κ2) is 6.68. The van der Waals surface area contributed by atoms with E-state index in [1.165, 1.54) is 30.3 Å². The monoisotopic (exact) mass is 309 g/mol. The van der Waals surface area contributed by atoms with E-state index in [-0.39, 0.29) is 34.8 Å². The Hall–Kier alpha value is -1.94. The van der Waals surface area contributed by atoms with Crippen molar-refractivity contribution in [2.45, 2.75) is 19.4 Å². The van der Waals surface area contributed by atoms with E-state index >= 15 is 0 Å². The quantitative estimate of drug-likeness (QED) is 0.907. The van der Waals surface area contributed by atoms with Crippen molar-refractivity contribution in [3.8, 4) is 0 Å². The molecule has 0 aliphatic heterocycles. The van der Waals surface area contributed by atoms with Crippen LogP contribution in [0.1, 0.15) is 24.1 Å². The normalized spacial score (nSPS) is 12.0. The zero-order chi connectivity index (χ0) is 15.4. The summed E-state index contributed by atoms with van der Waals surface area (Å²) in [5.41, 5.74) is 1.06. The highest BCUT2D eigenvalue weighted by Crippen LogP contribution is 2.16.